The van der Waals surface area contributed by atoms with Crippen molar-refractivity contribution in [3.63, 3.8) is 0 Å². The fraction of sp³-hybridized carbons (Fsp3) is 0.125. The first kappa shape index (κ1) is 17.4. The monoisotopic (exact) mass is 348 g/mol. The van der Waals surface area contributed by atoms with Crippen LogP contribution in [0, 0.1) is 17.0 Å². The van der Waals surface area contributed by atoms with Crippen LogP contribution >= 0.6 is 11.6 Å². The van der Waals surface area contributed by atoms with Crippen molar-refractivity contribution in [2.45, 2.75) is 13.8 Å². The third-order valence-electron chi connectivity index (χ3n) is 3.20. The fourth-order valence-corrected chi connectivity index (χ4v) is 2.25. The Bertz CT molecular complexity index is 835. The Kier molecular flexibility index (Phi) is 5.15. The predicted molar refractivity (Wildman–Crippen MR) is 88.5 cm³/mol. The minimum Gasteiger partial charge on any atom is -0.425 e. The molecule has 0 bridgehead atoms. The molecule has 0 saturated carbocycles. The summed E-state index contributed by atoms with van der Waals surface area (Å²) < 4.78 is 4.88. The van der Waals surface area contributed by atoms with Gasteiger partial charge in [-0.05, 0) is 31.2 Å². The van der Waals surface area contributed by atoms with Crippen LogP contribution in [0.25, 0.3) is 0 Å². The number of halogens is 1. The Morgan fingerprint density at radius 1 is 1.25 bits per heavy atom. The van der Waals surface area contributed by atoms with Crippen molar-refractivity contribution in [2.75, 3.05) is 5.32 Å². The van der Waals surface area contributed by atoms with Crippen molar-refractivity contribution in [2.24, 2.45) is 0 Å². The summed E-state index contributed by atoms with van der Waals surface area (Å²) in [5, 5.41) is 13.6. The standard InChI is InChI=1S/C16H13ClN2O5/c1-9-13(4-3-5-14(9)19(22)23)18-16(21)11-6-7-15(12(17)8-11)24-10(2)20/h3-8H,1-2H3,(H,18,21). The summed E-state index contributed by atoms with van der Waals surface area (Å²) >= 11 is 5.97. The van der Waals surface area contributed by atoms with Crippen LogP contribution in [-0.4, -0.2) is 16.8 Å². The van der Waals surface area contributed by atoms with Gasteiger partial charge in [-0.3, -0.25) is 19.7 Å². The van der Waals surface area contributed by atoms with E-state index in [1.807, 2.05) is 0 Å². The molecule has 2 aromatic carbocycles. The lowest BCUT2D eigenvalue weighted by atomic mass is 10.1. The Morgan fingerprint density at radius 2 is 1.96 bits per heavy atom. The molecule has 0 aliphatic rings. The van der Waals surface area contributed by atoms with E-state index in [0.717, 1.165) is 0 Å². The summed E-state index contributed by atoms with van der Waals surface area (Å²) in [6.45, 7) is 2.78. The molecule has 1 N–H and O–H groups in total. The molecule has 0 radical (unpaired) electrons. The van der Waals surface area contributed by atoms with Crippen molar-refractivity contribution in [1.29, 1.82) is 0 Å². The lowest BCUT2D eigenvalue weighted by Crippen LogP contribution is -2.13. The molecule has 0 atom stereocenters. The smallest absolute Gasteiger partial charge is 0.308 e. The third-order valence-corrected chi connectivity index (χ3v) is 3.49. The maximum atomic E-state index is 12.3. The maximum absolute atomic E-state index is 12.3. The van der Waals surface area contributed by atoms with Crippen LogP contribution < -0.4 is 10.1 Å². The predicted octanol–water partition coefficient (Wildman–Crippen LogP) is 3.73. The van der Waals surface area contributed by atoms with Gasteiger partial charge in [-0.25, -0.2) is 0 Å². The second-order valence-electron chi connectivity index (χ2n) is 4.90. The number of nitro benzene ring substituents is 1. The molecule has 0 fully saturated rings. The number of nitrogens with one attached hydrogen (secondary N) is 1. The molecular weight excluding hydrogens is 336 g/mol. The van der Waals surface area contributed by atoms with E-state index in [9.17, 15) is 19.7 Å². The molecule has 8 heteroatoms. The molecule has 1 amide bonds. The van der Waals surface area contributed by atoms with Gasteiger partial charge < -0.3 is 10.1 Å². The SMILES string of the molecule is CC(=O)Oc1ccc(C(=O)Nc2cccc([N+](=O)[O-])c2C)cc1Cl. The van der Waals surface area contributed by atoms with E-state index >= 15 is 0 Å². The van der Waals surface area contributed by atoms with Crippen molar-refractivity contribution in [3.05, 3.63) is 62.7 Å². The number of esters is 1. The number of rotatable bonds is 4. The third kappa shape index (κ3) is 3.88. The van der Waals surface area contributed by atoms with Crippen molar-refractivity contribution >= 4 is 34.9 Å². The van der Waals surface area contributed by atoms with Gasteiger partial charge in [0.1, 0.15) is 5.75 Å². The van der Waals surface area contributed by atoms with Crippen LogP contribution in [0.1, 0.15) is 22.8 Å². The molecule has 0 spiro atoms. The van der Waals surface area contributed by atoms with Crippen LogP contribution in [0.4, 0.5) is 11.4 Å². The molecular formula is C16H13ClN2O5. The second kappa shape index (κ2) is 7.10. The first-order chi connectivity index (χ1) is 11.3. The number of hydrogen-bond donors (Lipinski definition) is 1. The molecule has 2 aromatic rings. The van der Waals surface area contributed by atoms with Gasteiger partial charge in [-0.1, -0.05) is 17.7 Å². The van der Waals surface area contributed by atoms with Gasteiger partial charge in [0.25, 0.3) is 11.6 Å². The number of anilines is 1. The van der Waals surface area contributed by atoms with E-state index in [1.54, 1.807) is 13.0 Å². The number of nitrogens with zero attached hydrogens (tertiary/aromatic N) is 1. The summed E-state index contributed by atoms with van der Waals surface area (Å²) in [5.41, 5.74) is 0.811. The topological polar surface area (TPSA) is 98.5 Å². The van der Waals surface area contributed by atoms with E-state index in [0.29, 0.717) is 11.3 Å². The zero-order valence-corrected chi connectivity index (χ0v) is 13.6. The Labute approximate surface area is 142 Å². The van der Waals surface area contributed by atoms with Gasteiger partial charge in [-0.2, -0.15) is 0 Å². The highest BCUT2D eigenvalue weighted by Crippen LogP contribution is 2.28. The van der Waals surface area contributed by atoms with Gasteiger partial charge in [-0.15, -0.1) is 0 Å². The first-order valence-corrected chi connectivity index (χ1v) is 7.20. The number of carbonyl (C=O) groups is 2. The van der Waals surface area contributed by atoms with Gasteiger partial charge in [0.05, 0.1) is 21.2 Å². The molecule has 0 heterocycles. The summed E-state index contributed by atoms with van der Waals surface area (Å²) in [7, 11) is 0. The molecule has 24 heavy (non-hydrogen) atoms. The van der Waals surface area contributed by atoms with Gasteiger partial charge in [0.15, 0.2) is 0 Å². The van der Waals surface area contributed by atoms with E-state index < -0.39 is 16.8 Å². The largest absolute Gasteiger partial charge is 0.425 e. The van der Waals surface area contributed by atoms with Crippen LogP contribution in [0.2, 0.25) is 5.02 Å². The van der Waals surface area contributed by atoms with E-state index in [2.05, 4.69) is 5.32 Å². The van der Waals surface area contributed by atoms with Crippen molar-refractivity contribution < 1.29 is 19.2 Å². The summed E-state index contributed by atoms with van der Waals surface area (Å²) in [6, 6.07) is 8.59. The van der Waals surface area contributed by atoms with Crippen molar-refractivity contribution in [3.8, 4) is 5.75 Å². The van der Waals surface area contributed by atoms with Gasteiger partial charge >= 0.3 is 5.97 Å². The zero-order chi connectivity index (χ0) is 17.9. The summed E-state index contributed by atoms with van der Waals surface area (Å²) in [6.07, 6.45) is 0. The number of nitro groups is 1. The van der Waals surface area contributed by atoms with E-state index in [-0.39, 0.29) is 22.0 Å². The summed E-state index contributed by atoms with van der Waals surface area (Å²) in [4.78, 5) is 33.6. The molecule has 2 rings (SSSR count). The summed E-state index contributed by atoms with van der Waals surface area (Å²) in [5.74, 6) is -0.872. The quantitative estimate of drug-likeness (QED) is 0.393. The highest BCUT2D eigenvalue weighted by atomic mass is 35.5. The lowest BCUT2D eigenvalue weighted by molar-refractivity contribution is -0.385. The average Bonchev–Trinajstić information content (AvgIpc) is 2.50. The van der Waals surface area contributed by atoms with E-state index in [4.69, 9.17) is 16.3 Å². The second-order valence-corrected chi connectivity index (χ2v) is 5.31. The van der Waals surface area contributed by atoms with Gasteiger partial charge in [0.2, 0.25) is 0 Å². The number of hydrogen-bond acceptors (Lipinski definition) is 5. The molecule has 0 aliphatic heterocycles. The Morgan fingerprint density at radius 3 is 2.54 bits per heavy atom. The molecule has 0 aromatic heterocycles. The minimum absolute atomic E-state index is 0.0870. The average molecular weight is 349 g/mol. The van der Waals surface area contributed by atoms with E-state index in [1.165, 1.54) is 37.3 Å². The number of carbonyl (C=O) groups excluding carboxylic acids is 2. The van der Waals surface area contributed by atoms with Crippen LogP contribution in [0.3, 0.4) is 0 Å². The minimum atomic E-state index is -0.527. The van der Waals surface area contributed by atoms with Crippen LogP contribution in [-0.2, 0) is 4.79 Å². The zero-order valence-electron chi connectivity index (χ0n) is 12.8. The highest BCUT2D eigenvalue weighted by Gasteiger charge is 2.16. The number of ether oxygens (including phenoxy) is 1. The molecule has 0 saturated heterocycles. The van der Waals surface area contributed by atoms with Gasteiger partial charge in [0, 0.05) is 18.6 Å². The number of benzene rings is 2. The lowest BCUT2D eigenvalue weighted by Gasteiger charge is -2.10. The molecule has 0 unspecified atom stereocenters. The Balaban J connectivity index is 2.25. The maximum Gasteiger partial charge on any atom is 0.308 e. The molecule has 7 nitrogen and oxygen atoms in total. The number of amides is 1. The molecule has 0 aliphatic carbocycles. The fourth-order valence-electron chi connectivity index (χ4n) is 2.03. The first-order valence-electron chi connectivity index (χ1n) is 6.83. The Hall–Kier alpha value is -2.93. The van der Waals surface area contributed by atoms with Crippen molar-refractivity contribution in [1.82, 2.24) is 0 Å². The van der Waals surface area contributed by atoms with Crippen LogP contribution in [0.15, 0.2) is 36.4 Å². The normalized spacial score (nSPS) is 10.1. The highest BCUT2D eigenvalue weighted by molar-refractivity contribution is 6.32. The molecule has 124 valence electrons. The van der Waals surface area contributed by atoms with Crippen LogP contribution in [0.5, 0.6) is 5.75 Å².